The number of nitro groups is 2. The van der Waals surface area contributed by atoms with Crippen LogP contribution in [-0.2, 0) is 140 Å². The topological polar surface area (TPSA) is 351 Å². The van der Waals surface area contributed by atoms with Gasteiger partial charge >= 0.3 is 23.6 Å². The zero-order chi connectivity index (χ0) is 50.6. The number of carbonyl (C=O) groups excluding carboxylic acids is 2. The number of aliphatic hydroxyl groups excluding tert-OH is 2. The van der Waals surface area contributed by atoms with Crippen LogP contribution in [0.1, 0.15) is 69.7 Å². The van der Waals surface area contributed by atoms with Crippen molar-refractivity contribution < 1.29 is 137 Å². The van der Waals surface area contributed by atoms with Crippen molar-refractivity contribution in [3.05, 3.63) is 79.4 Å². The Balaban J connectivity index is -0.000000581. The number of nitrogens with two attached hydrogens (primary N) is 2. The van der Waals surface area contributed by atoms with E-state index in [4.69, 9.17) is 63.8 Å². The summed E-state index contributed by atoms with van der Waals surface area (Å²) in [5.41, 5.74) is 12.2. The molecule has 73 heavy (non-hydrogen) atoms. The Kier molecular flexibility index (Phi) is 45.3. The number of thioether (sulfide) groups is 1. The van der Waals surface area contributed by atoms with Gasteiger partial charge in [-0.2, -0.15) is 19.9 Å². The molecular weight excluding hydrogens is 1730 g/mol. The molecule has 0 spiro atoms. The average Bonchev–Trinajstić information content (AvgIpc) is 3.30. The maximum atomic E-state index is 12.7. The molecule has 0 aliphatic rings. The number of nitrogens with zero attached hydrogens (tertiary/aromatic N) is 10. The molecule has 0 bridgehead atoms. The summed E-state index contributed by atoms with van der Waals surface area (Å²) in [7, 11) is -1.71. The standard InChI is InChI=1S/C19H26N6O7S.C19H26N6O6S.CH2Cl2.CH4.4W/c1-3-32-19(27)24(17-15(25(28)29)16(20)22-18(23-17)33(2)30)11-13-7-6-8-14(21-13)12-31-10-5-4-9-26;1-3-31-19(27)24(17-15(25(28)29)16(20)22-18(23-17)32-2)11-13-7-6-8-14(21-13)12-30-10-5-4-9-26;2-1-3;;;;;/h6-8,26H,3-5,9-12H2,1-2H3,(H2,20,22,23);6-8,26H,3-5,9-12H2,1-2H3,(H2,20,22,23);1H2;1H4;;;;. The van der Waals surface area contributed by atoms with Gasteiger partial charge in [-0.05, 0) is 70.1 Å². The van der Waals surface area contributed by atoms with Gasteiger partial charge in [0.1, 0.15) is 0 Å². The Morgan fingerprint density at radius 1 is 0.699 bits per heavy atom. The minimum absolute atomic E-state index is 0. The zero-order valence-electron chi connectivity index (χ0n) is 39.3. The fourth-order valence-electron chi connectivity index (χ4n) is 5.38. The zero-order valence-corrected chi connectivity index (χ0v) is 54.2. The Bertz CT molecular complexity index is 2300. The predicted octanol–water partition coefficient (Wildman–Crippen LogP) is 6.14. The minimum Gasteiger partial charge on any atom is -0.449 e. The van der Waals surface area contributed by atoms with Crippen molar-refractivity contribution in [3.8, 4) is 0 Å². The molecule has 33 heteroatoms. The van der Waals surface area contributed by atoms with Crippen molar-refractivity contribution >= 4 is 92.6 Å². The summed E-state index contributed by atoms with van der Waals surface area (Å²) in [4.78, 5) is 73.7. The smallest absolute Gasteiger partial charge is 0.416 e. The van der Waals surface area contributed by atoms with Gasteiger partial charge in [-0.3, -0.25) is 34.4 Å². The first-order valence-corrected chi connectivity index (χ1v) is 24.2. The maximum Gasteiger partial charge on any atom is 0.416 e. The molecule has 0 aliphatic carbocycles. The minimum atomic E-state index is -1.71. The van der Waals surface area contributed by atoms with Crippen molar-refractivity contribution in [3.63, 3.8) is 0 Å². The first kappa shape index (κ1) is 76.6. The van der Waals surface area contributed by atoms with Gasteiger partial charge in [0.25, 0.3) is 0 Å². The van der Waals surface area contributed by atoms with Crippen LogP contribution < -0.4 is 21.3 Å². The molecule has 2 amide bonds. The van der Waals surface area contributed by atoms with Crippen molar-refractivity contribution in [2.45, 2.75) is 83.6 Å². The molecule has 0 saturated carbocycles. The van der Waals surface area contributed by atoms with Gasteiger partial charge in [-0.25, -0.2) is 19.4 Å². The maximum absolute atomic E-state index is 12.7. The number of nitrogen functional groups attached to an aromatic ring is 2. The second kappa shape index (κ2) is 43.2. The molecule has 1 atom stereocenters. The third-order valence-electron chi connectivity index (χ3n) is 8.30. The molecule has 0 aromatic carbocycles. The van der Waals surface area contributed by atoms with Gasteiger partial charge in [-0.1, -0.05) is 31.3 Å². The molecule has 0 radical (unpaired) electrons. The first-order chi connectivity index (χ1) is 32.6. The van der Waals surface area contributed by atoms with Gasteiger partial charge in [0.05, 0.1) is 88.3 Å². The van der Waals surface area contributed by atoms with Crippen LogP contribution in [0.5, 0.6) is 0 Å². The fourth-order valence-corrected chi connectivity index (χ4v) is 6.19. The van der Waals surface area contributed by atoms with Crippen LogP contribution in [0.25, 0.3) is 0 Å². The van der Waals surface area contributed by atoms with Gasteiger partial charge in [0, 0.05) is 117 Å². The molecule has 4 aromatic rings. The number of halogens is 2. The van der Waals surface area contributed by atoms with E-state index in [0.717, 1.165) is 28.0 Å². The summed E-state index contributed by atoms with van der Waals surface area (Å²) in [6, 6.07) is 10.2. The molecular formula is C40H58Cl2N12O13S2W4. The largest absolute Gasteiger partial charge is 0.449 e. The van der Waals surface area contributed by atoms with Crippen LogP contribution in [0.3, 0.4) is 0 Å². The SMILES string of the molecule is C.CCOC(=O)N(Cc1cccc(COCCCCO)n1)c1nc(S(C)=O)nc(N)c1[N+](=O)[O-].CCOC(=O)N(Cc1cccc(COCCCCO)n1)c1nc(SC)nc(N)c1[N+](=O)[O-].ClCCl.[W].[W].[W].[W]. The first-order valence-electron chi connectivity index (χ1n) is 20.4. The summed E-state index contributed by atoms with van der Waals surface area (Å²) in [6.07, 6.45) is 3.94. The van der Waals surface area contributed by atoms with Crippen LogP contribution in [0.15, 0.2) is 46.7 Å². The van der Waals surface area contributed by atoms with E-state index in [1.165, 1.54) is 6.26 Å². The summed E-state index contributed by atoms with van der Waals surface area (Å²) in [5.74, 6) is -1.58. The number of carbonyl (C=O) groups is 2. The number of anilines is 4. The Labute approximate surface area is 496 Å². The summed E-state index contributed by atoms with van der Waals surface area (Å²) >= 11 is 10.7. The van der Waals surface area contributed by atoms with Gasteiger partial charge in [-0.15, -0.1) is 23.2 Å². The Hall–Kier alpha value is -2.93. The molecule has 6 N–H and O–H groups in total. The number of alkyl halides is 2. The normalized spacial score (nSPS) is 10.2. The Morgan fingerprint density at radius 3 is 1.44 bits per heavy atom. The number of aliphatic hydroxyl groups is 2. The fraction of sp³-hybridized carbons (Fsp3) is 0.500. The molecule has 0 saturated heterocycles. The van der Waals surface area contributed by atoms with Crippen LogP contribution in [0.4, 0.5) is 44.2 Å². The number of hydrogen-bond donors (Lipinski definition) is 4. The number of rotatable bonds is 24. The van der Waals surface area contributed by atoms with Gasteiger partial charge < -0.3 is 40.6 Å². The van der Waals surface area contributed by atoms with Crippen molar-refractivity contribution in [2.24, 2.45) is 0 Å². The second-order valence-electron chi connectivity index (χ2n) is 13.2. The van der Waals surface area contributed by atoms with E-state index in [2.05, 4.69) is 29.9 Å². The van der Waals surface area contributed by atoms with Gasteiger partial charge in [0.15, 0.2) is 5.16 Å². The molecule has 0 fully saturated rings. The predicted molar refractivity (Wildman–Crippen MR) is 260 cm³/mol. The molecule has 406 valence electrons. The van der Waals surface area contributed by atoms with Crippen LogP contribution in [0.2, 0.25) is 0 Å². The second-order valence-corrected chi connectivity index (χ2v) is 16.0. The average molecular weight is 1790 g/mol. The molecule has 4 heterocycles. The van der Waals surface area contributed by atoms with Crippen LogP contribution in [0, 0.1) is 20.2 Å². The van der Waals surface area contributed by atoms with E-state index in [-0.39, 0.29) is 172 Å². The van der Waals surface area contributed by atoms with E-state index in [1.807, 2.05) is 0 Å². The van der Waals surface area contributed by atoms with E-state index in [9.17, 15) is 34.0 Å². The van der Waals surface area contributed by atoms with Crippen LogP contribution >= 0.6 is 35.0 Å². The monoisotopic (exact) mass is 1780 g/mol. The van der Waals surface area contributed by atoms with E-state index < -0.39 is 55.8 Å². The molecule has 4 aromatic heterocycles. The molecule has 0 aliphatic heterocycles. The van der Waals surface area contributed by atoms with Crippen molar-refractivity contribution in [2.75, 3.05) is 78.8 Å². The number of ether oxygens (including phenoxy) is 4. The van der Waals surface area contributed by atoms with Crippen molar-refractivity contribution in [1.82, 2.24) is 29.9 Å². The number of hydrogen-bond acceptors (Lipinski definition) is 22. The summed E-state index contributed by atoms with van der Waals surface area (Å²) < 4.78 is 33.1. The molecule has 25 nitrogen and oxygen atoms in total. The Morgan fingerprint density at radius 2 is 1.08 bits per heavy atom. The molecule has 1 unspecified atom stereocenters. The van der Waals surface area contributed by atoms with Gasteiger partial charge in [0.2, 0.25) is 28.4 Å². The summed E-state index contributed by atoms with van der Waals surface area (Å²) in [5, 5.41) is 41.0. The number of aromatic nitrogens is 6. The number of amides is 2. The number of pyridine rings is 2. The van der Waals surface area contributed by atoms with Crippen molar-refractivity contribution in [1.29, 1.82) is 0 Å². The van der Waals surface area contributed by atoms with E-state index in [1.54, 1.807) is 56.5 Å². The quantitative estimate of drug-likeness (QED) is 0.0153. The summed E-state index contributed by atoms with van der Waals surface area (Å²) in [6.45, 7) is 4.49. The van der Waals surface area contributed by atoms with E-state index >= 15 is 0 Å². The van der Waals surface area contributed by atoms with E-state index in [0.29, 0.717) is 55.3 Å². The third-order valence-corrected chi connectivity index (χ3v) is 9.54. The number of unbranched alkanes of at least 4 members (excludes halogenated alkanes) is 2. The van der Waals surface area contributed by atoms with Crippen LogP contribution in [-0.4, -0.2) is 124 Å². The third kappa shape index (κ3) is 27.1. The molecule has 4 rings (SSSR count).